The van der Waals surface area contributed by atoms with Crippen molar-refractivity contribution in [2.45, 2.75) is 25.9 Å². The van der Waals surface area contributed by atoms with Crippen molar-refractivity contribution in [1.82, 2.24) is 14.9 Å². The molecule has 2 fully saturated rings. The zero-order chi connectivity index (χ0) is 17.3. The minimum Gasteiger partial charge on any atom is -0.491 e. The summed E-state index contributed by atoms with van der Waals surface area (Å²) in [6, 6.07) is 3.73. The van der Waals surface area contributed by atoms with Gasteiger partial charge in [0.05, 0.1) is 30.0 Å². The highest BCUT2D eigenvalue weighted by atomic mass is 16.5. The molecule has 2 aromatic rings. The summed E-state index contributed by atoms with van der Waals surface area (Å²) in [4.78, 5) is 22.7. The molecule has 2 aliphatic rings. The van der Waals surface area contributed by atoms with Gasteiger partial charge in [0.1, 0.15) is 5.75 Å². The number of pyridine rings is 1. The van der Waals surface area contributed by atoms with Gasteiger partial charge in [-0.1, -0.05) is 0 Å². The Morgan fingerprint density at radius 2 is 2.44 bits per heavy atom. The van der Waals surface area contributed by atoms with Crippen molar-refractivity contribution in [2.24, 2.45) is 5.41 Å². The Bertz CT molecular complexity index is 748. The first kappa shape index (κ1) is 16.1. The van der Waals surface area contributed by atoms with Crippen LogP contribution in [0.5, 0.6) is 5.75 Å². The molecule has 0 bridgehead atoms. The van der Waals surface area contributed by atoms with Crippen molar-refractivity contribution in [3.63, 3.8) is 0 Å². The second-order valence-corrected chi connectivity index (χ2v) is 6.73. The Kier molecular flexibility index (Phi) is 4.17. The number of nitrogens with zero attached hydrogens (tertiary/aromatic N) is 3. The van der Waals surface area contributed by atoms with Crippen LogP contribution < -0.4 is 4.74 Å². The maximum absolute atomic E-state index is 12.8. The van der Waals surface area contributed by atoms with E-state index >= 15 is 0 Å². The fourth-order valence-corrected chi connectivity index (χ4v) is 3.74. The minimum atomic E-state index is -0.197. The quantitative estimate of drug-likeness (QED) is 0.846. The van der Waals surface area contributed by atoms with Gasteiger partial charge < -0.3 is 18.8 Å². The SMILES string of the molecule is Cc1ncoc1C(=O)N1CC[C@H]2OCC[C@@]2(COc2cccnc2)C1. The molecule has 2 aromatic heterocycles. The summed E-state index contributed by atoms with van der Waals surface area (Å²) in [6.45, 7) is 4.23. The third-order valence-corrected chi connectivity index (χ3v) is 5.16. The van der Waals surface area contributed by atoms with E-state index in [0.29, 0.717) is 37.8 Å². The number of amides is 1. The van der Waals surface area contributed by atoms with Crippen molar-refractivity contribution in [1.29, 1.82) is 0 Å². The average molecular weight is 343 g/mol. The number of aryl methyl sites for hydroxylation is 1. The predicted octanol–water partition coefficient (Wildman–Crippen LogP) is 2.08. The molecule has 2 atom stereocenters. The molecule has 25 heavy (non-hydrogen) atoms. The van der Waals surface area contributed by atoms with Gasteiger partial charge in [0, 0.05) is 25.9 Å². The van der Waals surface area contributed by atoms with Gasteiger partial charge in [-0.25, -0.2) is 4.98 Å². The van der Waals surface area contributed by atoms with E-state index in [1.807, 2.05) is 17.0 Å². The zero-order valence-electron chi connectivity index (χ0n) is 14.2. The first-order valence-electron chi connectivity index (χ1n) is 8.52. The fraction of sp³-hybridized carbons (Fsp3) is 0.500. The first-order valence-corrected chi connectivity index (χ1v) is 8.52. The zero-order valence-corrected chi connectivity index (χ0v) is 14.2. The standard InChI is InChI=1S/C18H21N3O4/c1-13-16(25-12-20-13)17(22)21-7-4-15-18(10-21,5-8-23-15)11-24-14-3-2-6-19-9-14/h2-3,6,9,12,15H,4-5,7-8,10-11H2,1H3/t15-,18+/m1/s1. The molecule has 7 nitrogen and oxygen atoms in total. The van der Waals surface area contributed by atoms with Crippen LogP contribution in [0.3, 0.4) is 0 Å². The van der Waals surface area contributed by atoms with E-state index in [-0.39, 0.29) is 17.4 Å². The number of piperidine rings is 1. The number of oxazole rings is 1. The normalized spacial score (nSPS) is 25.6. The topological polar surface area (TPSA) is 77.7 Å². The number of likely N-dealkylation sites (tertiary alicyclic amines) is 1. The lowest BCUT2D eigenvalue weighted by Crippen LogP contribution is -2.54. The van der Waals surface area contributed by atoms with Crippen LogP contribution >= 0.6 is 0 Å². The Balaban J connectivity index is 1.51. The lowest BCUT2D eigenvalue weighted by atomic mass is 9.77. The highest BCUT2D eigenvalue weighted by molar-refractivity contribution is 5.92. The number of hydrogen-bond donors (Lipinski definition) is 0. The van der Waals surface area contributed by atoms with Crippen LogP contribution in [0.25, 0.3) is 0 Å². The smallest absolute Gasteiger partial charge is 0.291 e. The summed E-state index contributed by atoms with van der Waals surface area (Å²) in [5, 5.41) is 0. The lowest BCUT2D eigenvalue weighted by molar-refractivity contribution is -0.0333. The second kappa shape index (κ2) is 6.48. The van der Waals surface area contributed by atoms with Crippen LogP contribution in [0.15, 0.2) is 35.3 Å². The summed E-state index contributed by atoms with van der Waals surface area (Å²) >= 11 is 0. The van der Waals surface area contributed by atoms with Crippen molar-refractivity contribution in [3.8, 4) is 5.75 Å². The molecule has 7 heteroatoms. The Hall–Kier alpha value is -2.41. The van der Waals surface area contributed by atoms with Crippen molar-refractivity contribution >= 4 is 5.91 Å². The first-order chi connectivity index (χ1) is 12.2. The van der Waals surface area contributed by atoms with Gasteiger partial charge in [0.15, 0.2) is 6.39 Å². The molecule has 2 saturated heterocycles. The van der Waals surface area contributed by atoms with Gasteiger partial charge >= 0.3 is 0 Å². The van der Waals surface area contributed by atoms with E-state index in [1.54, 1.807) is 19.3 Å². The molecule has 0 aromatic carbocycles. The number of fused-ring (bicyclic) bond motifs is 1. The third-order valence-electron chi connectivity index (χ3n) is 5.16. The van der Waals surface area contributed by atoms with E-state index < -0.39 is 0 Å². The maximum atomic E-state index is 12.8. The number of aromatic nitrogens is 2. The molecular formula is C18H21N3O4. The van der Waals surface area contributed by atoms with Crippen LogP contribution in [0.2, 0.25) is 0 Å². The number of ether oxygens (including phenoxy) is 2. The number of rotatable bonds is 4. The van der Waals surface area contributed by atoms with Crippen LogP contribution in [-0.4, -0.2) is 53.2 Å². The van der Waals surface area contributed by atoms with Crippen LogP contribution in [0, 0.1) is 12.3 Å². The summed E-state index contributed by atoms with van der Waals surface area (Å²) < 4.78 is 17.2. The van der Waals surface area contributed by atoms with Gasteiger partial charge in [-0.05, 0) is 31.9 Å². The Morgan fingerprint density at radius 1 is 1.52 bits per heavy atom. The van der Waals surface area contributed by atoms with Crippen LogP contribution in [0.1, 0.15) is 29.1 Å². The highest BCUT2D eigenvalue weighted by Gasteiger charge is 2.50. The molecule has 0 unspecified atom stereocenters. The Labute approximate surface area is 146 Å². The fourth-order valence-electron chi connectivity index (χ4n) is 3.74. The number of hydrogen-bond acceptors (Lipinski definition) is 6. The maximum Gasteiger partial charge on any atom is 0.291 e. The van der Waals surface area contributed by atoms with E-state index in [1.165, 1.54) is 6.39 Å². The summed E-state index contributed by atoms with van der Waals surface area (Å²) in [5.74, 6) is 0.943. The highest BCUT2D eigenvalue weighted by Crippen LogP contribution is 2.41. The van der Waals surface area contributed by atoms with Gasteiger partial charge in [-0.2, -0.15) is 0 Å². The lowest BCUT2D eigenvalue weighted by Gasteiger charge is -2.43. The van der Waals surface area contributed by atoms with Crippen LogP contribution in [-0.2, 0) is 4.74 Å². The van der Waals surface area contributed by atoms with Gasteiger partial charge in [-0.3, -0.25) is 9.78 Å². The monoisotopic (exact) mass is 343 g/mol. The van der Waals surface area contributed by atoms with E-state index in [4.69, 9.17) is 13.9 Å². The molecule has 4 heterocycles. The molecule has 0 aliphatic carbocycles. The van der Waals surface area contributed by atoms with Crippen molar-refractivity contribution in [3.05, 3.63) is 42.4 Å². The van der Waals surface area contributed by atoms with E-state index in [9.17, 15) is 4.79 Å². The third kappa shape index (κ3) is 3.00. The van der Waals surface area contributed by atoms with Crippen molar-refractivity contribution < 1.29 is 18.7 Å². The molecule has 2 aliphatic heterocycles. The predicted molar refractivity (Wildman–Crippen MR) is 88.3 cm³/mol. The number of carbonyl (C=O) groups is 1. The average Bonchev–Trinajstić information content (AvgIpc) is 3.26. The molecule has 132 valence electrons. The van der Waals surface area contributed by atoms with Crippen molar-refractivity contribution in [2.75, 3.05) is 26.3 Å². The molecule has 4 rings (SSSR count). The molecular weight excluding hydrogens is 322 g/mol. The molecule has 0 saturated carbocycles. The second-order valence-electron chi connectivity index (χ2n) is 6.73. The van der Waals surface area contributed by atoms with Gasteiger partial charge in [0.2, 0.25) is 5.76 Å². The van der Waals surface area contributed by atoms with E-state index in [2.05, 4.69) is 9.97 Å². The summed E-state index contributed by atoms with van der Waals surface area (Å²) in [5.41, 5.74) is 0.424. The van der Waals surface area contributed by atoms with Gasteiger partial charge in [0.25, 0.3) is 5.91 Å². The van der Waals surface area contributed by atoms with E-state index in [0.717, 1.165) is 18.6 Å². The molecule has 0 N–H and O–H groups in total. The molecule has 0 spiro atoms. The summed E-state index contributed by atoms with van der Waals surface area (Å²) in [6.07, 6.45) is 6.52. The Morgan fingerprint density at radius 3 is 3.20 bits per heavy atom. The minimum absolute atomic E-state index is 0.110. The van der Waals surface area contributed by atoms with Crippen LogP contribution in [0.4, 0.5) is 0 Å². The largest absolute Gasteiger partial charge is 0.491 e. The molecule has 0 radical (unpaired) electrons. The number of carbonyl (C=O) groups excluding carboxylic acids is 1. The van der Waals surface area contributed by atoms with Gasteiger partial charge in [-0.15, -0.1) is 0 Å². The summed E-state index contributed by atoms with van der Waals surface area (Å²) in [7, 11) is 0. The molecule has 1 amide bonds.